The Morgan fingerprint density at radius 2 is 2.14 bits per heavy atom. The molecule has 0 spiro atoms. The summed E-state index contributed by atoms with van der Waals surface area (Å²) in [4.78, 5) is 12.9. The summed E-state index contributed by atoms with van der Waals surface area (Å²) >= 11 is 0. The van der Waals surface area contributed by atoms with Gasteiger partial charge >= 0.3 is 0 Å². The lowest BCUT2D eigenvalue weighted by molar-refractivity contribution is -0.126. The zero-order valence-electron chi connectivity index (χ0n) is 9.33. The lowest BCUT2D eigenvalue weighted by Gasteiger charge is -2.26. The van der Waals surface area contributed by atoms with Crippen molar-refractivity contribution in [1.82, 2.24) is 10.2 Å². The van der Waals surface area contributed by atoms with Crippen molar-refractivity contribution in [2.24, 2.45) is 0 Å². The molecule has 0 rings (SSSR count). The first kappa shape index (κ1) is 13.4. The summed E-state index contributed by atoms with van der Waals surface area (Å²) in [6, 6.07) is 0. The first-order valence-corrected chi connectivity index (χ1v) is 4.50. The first-order chi connectivity index (χ1) is 6.37. The van der Waals surface area contributed by atoms with Gasteiger partial charge in [0.25, 0.3) is 0 Å². The van der Waals surface area contributed by atoms with E-state index in [9.17, 15) is 9.90 Å². The Morgan fingerprint density at radius 3 is 2.57 bits per heavy atom. The van der Waals surface area contributed by atoms with E-state index in [0.717, 1.165) is 0 Å². The lowest BCUT2D eigenvalue weighted by Crippen LogP contribution is -2.47. The maximum absolute atomic E-state index is 11.0. The monoisotopic (exact) mass is 204 g/mol. The minimum Gasteiger partial charge on any atom is -0.387 e. The molecule has 1 atom stereocenters. The van der Waals surface area contributed by atoms with E-state index in [4.69, 9.17) is 0 Å². The zero-order valence-corrected chi connectivity index (χ0v) is 9.33. The van der Waals surface area contributed by atoms with Crippen molar-refractivity contribution in [3.05, 3.63) is 0 Å². The summed E-state index contributed by atoms with van der Waals surface area (Å²) in [7, 11) is 5.19. The number of nitrogens with one attached hydrogen (secondary N) is 1. The van der Waals surface area contributed by atoms with Crippen molar-refractivity contribution in [3.8, 4) is 0 Å². The molecule has 0 saturated heterocycles. The highest BCUT2D eigenvalue weighted by Crippen LogP contribution is 2.02. The minimum atomic E-state index is -0.910. The Kier molecular flexibility index (Phi) is 5.68. The maximum Gasteiger partial charge on any atom is 0.246 e. The molecule has 0 aromatic heterocycles. The summed E-state index contributed by atoms with van der Waals surface area (Å²) in [6.45, 7) is 2.44. The van der Waals surface area contributed by atoms with E-state index in [1.807, 2.05) is 19.0 Å². The van der Waals surface area contributed by atoms with Crippen molar-refractivity contribution in [2.75, 3.05) is 40.9 Å². The summed E-state index contributed by atoms with van der Waals surface area (Å²) in [5, 5.41) is 12.4. The van der Waals surface area contributed by atoms with Crippen LogP contribution in [0.2, 0.25) is 0 Å². The second kappa shape index (κ2) is 5.95. The number of hydrogen-bond donors (Lipinski definition) is 2. The highest BCUT2D eigenvalue weighted by molar-refractivity contribution is 5.77. The van der Waals surface area contributed by atoms with E-state index < -0.39 is 5.60 Å². The fourth-order valence-electron chi connectivity index (χ4n) is 1.21. The standard InChI is InChI=1S/C9H20N2O3/c1-9(13,7-11(2)3)6-10-8(12)5-14-4/h13H,5-7H2,1-4H3,(H,10,12). The number of carbonyl (C=O) groups is 1. The van der Waals surface area contributed by atoms with Gasteiger partial charge in [-0.15, -0.1) is 0 Å². The van der Waals surface area contributed by atoms with Gasteiger partial charge in [-0.05, 0) is 21.0 Å². The molecule has 0 bridgehead atoms. The highest BCUT2D eigenvalue weighted by Gasteiger charge is 2.21. The van der Waals surface area contributed by atoms with Crippen molar-refractivity contribution >= 4 is 5.91 Å². The topological polar surface area (TPSA) is 61.8 Å². The third-order valence-corrected chi connectivity index (χ3v) is 1.60. The molecule has 0 saturated carbocycles. The van der Waals surface area contributed by atoms with Crippen LogP contribution in [0.5, 0.6) is 0 Å². The number of hydrogen-bond acceptors (Lipinski definition) is 4. The average Bonchev–Trinajstić information content (AvgIpc) is 1.99. The summed E-state index contributed by atoms with van der Waals surface area (Å²) in [5.74, 6) is -0.216. The van der Waals surface area contributed by atoms with Gasteiger partial charge in [0.05, 0.1) is 5.60 Å². The van der Waals surface area contributed by atoms with Crippen LogP contribution in [0, 0.1) is 0 Å². The molecule has 0 aliphatic rings. The van der Waals surface area contributed by atoms with Gasteiger partial charge in [-0.2, -0.15) is 0 Å². The van der Waals surface area contributed by atoms with E-state index in [1.165, 1.54) is 7.11 Å². The molecular formula is C9H20N2O3. The fraction of sp³-hybridized carbons (Fsp3) is 0.889. The van der Waals surface area contributed by atoms with Gasteiger partial charge in [0, 0.05) is 20.2 Å². The smallest absolute Gasteiger partial charge is 0.246 e. The summed E-state index contributed by atoms with van der Waals surface area (Å²) < 4.78 is 4.65. The molecule has 5 nitrogen and oxygen atoms in total. The molecule has 0 aliphatic carbocycles. The van der Waals surface area contributed by atoms with Crippen molar-refractivity contribution in [2.45, 2.75) is 12.5 Å². The van der Waals surface area contributed by atoms with Gasteiger partial charge < -0.3 is 20.1 Å². The minimum absolute atomic E-state index is 0.0258. The van der Waals surface area contributed by atoms with E-state index in [0.29, 0.717) is 6.54 Å². The Bertz CT molecular complexity index is 181. The van der Waals surface area contributed by atoms with Crippen molar-refractivity contribution in [1.29, 1.82) is 0 Å². The number of aliphatic hydroxyl groups is 1. The van der Waals surface area contributed by atoms with Gasteiger partial charge in [0.2, 0.25) is 5.91 Å². The van der Waals surface area contributed by atoms with Gasteiger partial charge in [-0.3, -0.25) is 4.79 Å². The Balaban J connectivity index is 3.80. The lowest BCUT2D eigenvalue weighted by atomic mass is 10.1. The molecule has 1 amide bonds. The second-order valence-corrected chi connectivity index (χ2v) is 3.94. The van der Waals surface area contributed by atoms with Crippen LogP contribution in [-0.2, 0) is 9.53 Å². The van der Waals surface area contributed by atoms with E-state index in [2.05, 4.69) is 10.1 Å². The molecule has 84 valence electrons. The summed E-state index contributed by atoms with van der Waals surface area (Å²) in [6.07, 6.45) is 0. The molecular weight excluding hydrogens is 184 g/mol. The third kappa shape index (κ3) is 6.82. The number of likely N-dealkylation sites (N-methyl/N-ethyl adjacent to an activating group) is 1. The molecule has 0 heterocycles. The van der Waals surface area contributed by atoms with Crippen LogP contribution in [0.15, 0.2) is 0 Å². The summed E-state index contributed by atoms with van der Waals surface area (Å²) in [5.41, 5.74) is -0.910. The van der Waals surface area contributed by atoms with Crippen LogP contribution in [0.1, 0.15) is 6.92 Å². The number of rotatable bonds is 6. The van der Waals surface area contributed by atoms with Gasteiger partial charge in [-0.25, -0.2) is 0 Å². The molecule has 0 radical (unpaired) electrons. The van der Waals surface area contributed by atoms with Crippen LogP contribution in [0.4, 0.5) is 0 Å². The second-order valence-electron chi connectivity index (χ2n) is 3.94. The van der Waals surface area contributed by atoms with Crippen LogP contribution in [-0.4, -0.2) is 62.4 Å². The largest absolute Gasteiger partial charge is 0.387 e. The van der Waals surface area contributed by atoms with Crippen molar-refractivity contribution in [3.63, 3.8) is 0 Å². The fourth-order valence-corrected chi connectivity index (χ4v) is 1.21. The quantitative estimate of drug-likeness (QED) is 0.586. The van der Waals surface area contributed by atoms with Gasteiger partial charge in [-0.1, -0.05) is 0 Å². The van der Waals surface area contributed by atoms with Crippen LogP contribution < -0.4 is 5.32 Å². The molecule has 0 aromatic carbocycles. The molecule has 0 aliphatic heterocycles. The highest BCUT2D eigenvalue weighted by atomic mass is 16.5. The van der Waals surface area contributed by atoms with E-state index in [-0.39, 0.29) is 19.1 Å². The number of nitrogens with zero attached hydrogens (tertiary/aromatic N) is 1. The number of carbonyl (C=O) groups excluding carboxylic acids is 1. The molecule has 0 fully saturated rings. The van der Waals surface area contributed by atoms with Crippen LogP contribution in [0.25, 0.3) is 0 Å². The van der Waals surface area contributed by atoms with E-state index >= 15 is 0 Å². The van der Waals surface area contributed by atoms with Crippen LogP contribution >= 0.6 is 0 Å². The predicted octanol–water partition coefficient (Wildman–Crippen LogP) is -0.938. The average molecular weight is 204 g/mol. The van der Waals surface area contributed by atoms with Crippen LogP contribution in [0.3, 0.4) is 0 Å². The number of ether oxygens (including phenoxy) is 1. The van der Waals surface area contributed by atoms with E-state index in [1.54, 1.807) is 6.92 Å². The van der Waals surface area contributed by atoms with Gasteiger partial charge in [0.15, 0.2) is 0 Å². The Morgan fingerprint density at radius 1 is 1.57 bits per heavy atom. The Hall–Kier alpha value is -0.650. The predicted molar refractivity (Wildman–Crippen MR) is 54.1 cm³/mol. The molecule has 2 N–H and O–H groups in total. The Labute approximate surface area is 85.0 Å². The number of methoxy groups -OCH3 is 1. The molecule has 0 aromatic rings. The maximum atomic E-state index is 11.0. The van der Waals surface area contributed by atoms with Crippen molar-refractivity contribution < 1.29 is 14.6 Å². The molecule has 1 unspecified atom stereocenters. The normalized spacial score (nSPS) is 15.3. The molecule has 14 heavy (non-hydrogen) atoms. The molecule has 5 heteroatoms. The third-order valence-electron chi connectivity index (χ3n) is 1.60. The first-order valence-electron chi connectivity index (χ1n) is 4.50. The SMILES string of the molecule is COCC(=O)NCC(C)(O)CN(C)C. The van der Waals surface area contributed by atoms with Gasteiger partial charge in [0.1, 0.15) is 6.61 Å². The number of amides is 1. The zero-order chi connectivity index (χ0) is 11.2.